The molecule has 0 bridgehead atoms. The first-order chi connectivity index (χ1) is 17.6. The van der Waals surface area contributed by atoms with Crippen molar-refractivity contribution in [2.24, 2.45) is 0 Å². The number of para-hydroxylation sites is 1. The van der Waals surface area contributed by atoms with E-state index in [1.807, 2.05) is 38.1 Å². The fraction of sp³-hybridized carbons (Fsp3) is 0.357. The van der Waals surface area contributed by atoms with Gasteiger partial charge in [0.25, 0.3) is 5.56 Å². The molecule has 37 heavy (non-hydrogen) atoms. The number of hydrogen-bond donors (Lipinski definition) is 0. The first-order valence-electron chi connectivity index (χ1n) is 12.1. The second kappa shape index (κ2) is 10.2. The lowest BCUT2D eigenvalue weighted by atomic mass is 9.99. The van der Waals surface area contributed by atoms with Crippen molar-refractivity contribution in [3.05, 3.63) is 81.3 Å². The second-order valence-electron chi connectivity index (χ2n) is 9.63. The summed E-state index contributed by atoms with van der Waals surface area (Å²) in [5, 5.41) is 0.257. The molecule has 9 heteroatoms. The largest absolute Gasteiger partial charge is 0.496 e. The van der Waals surface area contributed by atoms with Gasteiger partial charge in [0.2, 0.25) is 5.89 Å². The minimum Gasteiger partial charge on any atom is -0.496 e. The molecule has 0 N–H and O–H groups in total. The molecule has 194 valence electrons. The van der Waals surface area contributed by atoms with Crippen LogP contribution in [0.5, 0.6) is 5.75 Å². The molecule has 0 spiro atoms. The van der Waals surface area contributed by atoms with Crippen LogP contribution in [0.25, 0.3) is 22.4 Å². The Morgan fingerprint density at radius 3 is 2.49 bits per heavy atom. The van der Waals surface area contributed by atoms with Crippen molar-refractivity contribution in [2.75, 3.05) is 7.11 Å². The second-order valence-corrected chi connectivity index (χ2v) is 9.63. The maximum atomic E-state index is 13.9. The summed E-state index contributed by atoms with van der Waals surface area (Å²) in [6.45, 7) is 8.39. The normalized spacial score (nSPS) is 12.7. The molecule has 2 aromatic carbocycles. The van der Waals surface area contributed by atoms with Crippen LogP contribution in [0.2, 0.25) is 0 Å². The number of fused-ring (bicyclic) bond motifs is 1. The molecule has 2 heterocycles. The molecule has 4 aromatic rings. The lowest BCUT2D eigenvalue weighted by Crippen LogP contribution is -2.52. The quantitative estimate of drug-likeness (QED) is 0.334. The van der Waals surface area contributed by atoms with Crippen LogP contribution in [0.4, 0.5) is 0 Å². The number of methoxy groups -OCH3 is 1. The fourth-order valence-electron chi connectivity index (χ4n) is 4.34. The first kappa shape index (κ1) is 26.1. The van der Waals surface area contributed by atoms with E-state index in [-0.39, 0.29) is 23.8 Å². The molecule has 0 unspecified atom stereocenters. The van der Waals surface area contributed by atoms with Crippen LogP contribution < -0.4 is 16.0 Å². The number of Topliss-reactive ketones (excluding diaryl/α,β-unsaturated/α-hetero) is 1. The van der Waals surface area contributed by atoms with Crippen molar-refractivity contribution in [2.45, 2.75) is 58.9 Å². The van der Waals surface area contributed by atoms with Gasteiger partial charge in [0.1, 0.15) is 23.7 Å². The van der Waals surface area contributed by atoms with Crippen LogP contribution in [-0.4, -0.2) is 33.1 Å². The molecule has 0 fully saturated rings. The summed E-state index contributed by atoms with van der Waals surface area (Å²) in [6.07, 6.45) is 2.22. The van der Waals surface area contributed by atoms with Crippen LogP contribution in [-0.2, 0) is 21.6 Å². The number of aromatic nitrogens is 3. The van der Waals surface area contributed by atoms with Gasteiger partial charge in [-0.3, -0.25) is 14.2 Å². The molecule has 0 radical (unpaired) electrons. The number of carbonyl (C=O) groups is 1. The van der Waals surface area contributed by atoms with Crippen molar-refractivity contribution < 1.29 is 18.7 Å². The van der Waals surface area contributed by atoms with Gasteiger partial charge in [-0.1, -0.05) is 18.2 Å². The zero-order valence-corrected chi connectivity index (χ0v) is 21.8. The van der Waals surface area contributed by atoms with Gasteiger partial charge >= 0.3 is 5.69 Å². The van der Waals surface area contributed by atoms with E-state index in [4.69, 9.17) is 13.9 Å². The summed E-state index contributed by atoms with van der Waals surface area (Å²) >= 11 is 0. The minimum absolute atomic E-state index is 0.0838. The summed E-state index contributed by atoms with van der Waals surface area (Å²) in [4.78, 5) is 44.4. The number of carbonyl (C=O) groups excluding carboxylic acids is 1. The molecular formula is C28H31N3O6. The lowest BCUT2D eigenvalue weighted by Gasteiger charge is -2.28. The van der Waals surface area contributed by atoms with Crippen LogP contribution in [0, 0.1) is 0 Å². The van der Waals surface area contributed by atoms with Crippen molar-refractivity contribution in [1.29, 1.82) is 0 Å². The van der Waals surface area contributed by atoms with E-state index in [0.717, 1.165) is 10.1 Å². The van der Waals surface area contributed by atoms with Crippen LogP contribution in [0.15, 0.2) is 68.9 Å². The Kier molecular flexibility index (Phi) is 7.18. The van der Waals surface area contributed by atoms with Crippen molar-refractivity contribution in [3.8, 4) is 17.2 Å². The van der Waals surface area contributed by atoms with E-state index < -0.39 is 22.9 Å². The number of ketones is 1. The summed E-state index contributed by atoms with van der Waals surface area (Å²) in [7, 11) is 1.58. The topological polar surface area (TPSA) is 106 Å². The van der Waals surface area contributed by atoms with Crippen LogP contribution >= 0.6 is 0 Å². The summed E-state index contributed by atoms with van der Waals surface area (Å²) < 4.78 is 19.7. The number of benzene rings is 2. The molecule has 1 atom stereocenters. The van der Waals surface area contributed by atoms with Gasteiger partial charge in [-0.15, -0.1) is 0 Å². The Morgan fingerprint density at radius 1 is 1.14 bits per heavy atom. The SMILES string of the molecule is COc1ccccc1[C@H](Cn1c(=O)n(C(C)(C)C(C)=O)c(=O)c2cc(-c3ncco3)ccc21)OC(C)C. The number of nitrogens with zero attached hydrogens (tertiary/aromatic N) is 3. The number of hydrogen-bond acceptors (Lipinski definition) is 7. The molecule has 4 rings (SSSR count). The van der Waals surface area contributed by atoms with E-state index in [9.17, 15) is 14.4 Å². The molecular weight excluding hydrogens is 474 g/mol. The number of oxazole rings is 1. The van der Waals surface area contributed by atoms with Gasteiger partial charge in [-0.2, -0.15) is 0 Å². The van der Waals surface area contributed by atoms with Gasteiger partial charge < -0.3 is 13.9 Å². The molecule has 0 aliphatic rings. The zero-order valence-electron chi connectivity index (χ0n) is 21.8. The predicted octanol–water partition coefficient (Wildman–Crippen LogP) is 4.32. The van der Waals surface area contributed by atoms with Gasteiger partial charge in [0.05, 0.1) is 36.9 Å². The Morgan fingerprint density at radius 2 is 1.86 bits per heavy atom. The Balaban J connectivity index is 2.01. The van der Waals surface area contributed by atoms with Crippen molar-refractivity contribution in [3.63, 3.8) is 0 Å². The molecule has 0 amide bonds. The summed E-state index contributed by atoms with van der Waals surface area (Å²) in [5.41, 5.74) is -0.794. The Bertz CT molecular complexity index is 1550. The average Bonchev–Trinajstić information content (AvgIpc) is 3.40. The third-order valence-corrected chi connectivity index (χ3v) is 6.51. The van der Waals surface area contributed by atoms with Gasteiger partial charge in [0.15, 0.2) is 5.78 Å². The highest BCUT2D eigenvalue weighted by atomic mass is 16.5. The standard InChI is InChI=1S/C28H31N3O6/c1-17(2)37-24(20-9-7-8-10-23(20)35-6)16-30-22-12-11-19(25-29-13-14-36-25)15-21(22)26(33)31(27(30)34)28(4,5)18(3)32/h7-15,17,24H,16H2,1-6H3/t24-/m0/s1. The summed E-state index contributed by atoms with van der Waals surface area (Å²) in [5.74, 6) is 0.640. The van der Waals surface area contributed by atoms with Crippen LogP contribution in [0.3, 0.4) is 0 Å². The zero-order chi connectivity index (χ0) is 26.9. The third kappa shape index (κ3) is 4.86. The Hall–Kier alpha value is -3.98. The molecule has 0 aliphatic carbocycles. The first-order valence-corrected chi connectivity index (χ1v) is 12.1. The molecule has 2 aromatic heterocycles. The Labute approximate surface area is 214 Å². The molecule has 0 aliphatic heterocycles. The molecule has 0 saturated carbocycles. The number of ether oxygens (including phenoxy) is 2. The maximum absolute atomic E-state index is 13.9. The van der Waals surface area contributed by atoms with Gasteiger partial charge in [-0.25, -0.2) is 14.3 Å². The van der Waals surface area contributed by atoms with Gasteiger partial charge in [0, 0.05) is 11.1 Å². The lowest BCUT2D eigenvalue weighted by molar-refractivity contribution is -0.124. The predicted molar refractivity (Wildman–Crippen MR) is 140 cm³/mol. The third-order valence-electron chi connectivity index (χ3n) is 6.51. The van der Waals surface area contributed by atoms with E-state index in [0.29, 0.717) is 22.7 Å². The van der Waals surface area contributed by atoms with E-state index in [1.54, 1.807) is 39.2 Å². The van der Waals surface area contributed by atoms with E-state index in [2.05, 4.69) is 4.98 Å². The highest BCUT2D eigenvalue weighted by molar-refractivity contribution is 5.85. The summed E-state index contributed by atoms with van der Waals surface area (Å²) in [6, 6.07) is 12.5. The highest BCUT2D eigenvalue weighted by Gasteiger charge is 2.32. The highest BCUT2D eigenvalue weighted by Crippen LogP contribution is 2.31. The van der Waals surface area contributed by atoms with Crippen molar-refractivity contribution in [1.82, 2.24) is 14.1 Å². The van der Waals surface area contributed by atoms with E-state index in [1.165, 1.54) is 24.0 Å². The van der Waals surface area contributed by atoms with Crippen molar-refractivity contribution >= 4 is 16.7 Å². The van der Waals surface area contributed by atoms with Crippen LogP contribution in [0.1, 0.15) is 46.3 Å². The monoisotopic (exact) mass is 505 g/mol. The number of rotatable bonds is 9. The van der Waals surface area contributed by atoms with Gasteiger partial charge in [-0.05, 0) is 58.9 Å². The maximum Gasteiger partial charge on any atom is 0.332 e. The average molecular weight is 506 g/mol. The molecule has 9 nitrogen and oxygen atoms in total. The fourth-order valence-corrected chi connectivity index (χ4v) is 4.34. The minimum atomic E-state index is -1.37. The smallest absolute Gasteiger partial charge is 0.332 e. The molecule has 0 saturated heterocycles. The van der Waals surface area contributed by atoms with E-state index >= 15 is 0 Å².